The first-order valence-electron chi connectivity index (χ1n) is 7.15. The maximum Gasteiger partial charge on any atom is 0.166 e. The van der Waals surface area contributed by atoms with Crippen LogP contribution in [-0.4, -0.2) is 17.2 Å². The Hall–Kier alpha value is -0.310. The molecule has 2 nitrogen and oxygen atoms in total. The van der Waals surface area contributed by atoms with Gasteiger partial charge in [0.1, 0.15) is 0 Å². The minimum absolute atomic E-state index is 0.496. The van der Waals surface area contributed by atoms with Crippen LogP contribution < -0.4 is 10.6 Å². The average molecular weight is 256 g/mol. The Balaban J connectivity index is 2.07. The molecule has 0 aromatic rings. The first-order valence-corrected chi connectivity index (χ1v) is 7.55. The smallest absolute Gasteiger partial charge is 0.166 e. The lowest BCUT2D eigenvalue weighted by Crippen LogP contribution is -2.44. The van der Waals surface area contributed by atoms with E-state index in [1.165, 1.54) is 44.9 Å². The molecule has 0 aromatic carbocycles. The molecule has 100 valence electrons. The van der Waals surface area contributed by atoms with Crippen molar-refractivity contribution in [2.45, 2.75) is 77.8 Å². The molecule has 0 saturated heterocycles. The molecule has 0 bridgehead atoms. The van der Waals surface area contributed by atoms with Gasteiger partial charge >= 0.3 is 0 Å². The zero-order valence-corrected chi connectivity index (χ0v) is 12.4. The Morgan fingerprint density at radius 2 is 1.82 bits per heavy atom. The third-order valence-corrected chi connectivity index (χ3v) is 3.72. The van der Waals surface area contributed by atoms with E-state index in [0.29, 0.717) is 12.1 Å². The summed E-state index contributed by atoms with van der Waals surface area (Å²) in [6.45, 7) is 6.79. The molecule has 1 rings (SSSR count). The molecule has 1 atom stereocenters. The molecule has 0 radical (unpaired) electrons. The van der Waals surface area contributed by atoms with E-state index in [4.69, 9.17) is 12.2 Å². The molecular formula is C14H28N2S. The second-order valence-electron chi connectivity index (χ2n) is 5.82. The molecule has 0 amide bonds. The Bertz CT molecular complexity index is 222. The van der Waals surface area contributed by atoms with Gasteiger partial charge in [-0.25, -0.2) is 0 Å². The van der Waals surface area contributed by atoms with Crippen molar-refractivity contribution in [3.63, 3.8) is 0 Å². The molecule has 1 unspecified atom stereocenters. The lowest BCUT2D eigenvalue weighted by atomic mass is 10.0. The lowest BCUT2D eigenvalue weighted by Gasteiger charge is -2.20. The summed E-state index contributed by atoms with van der Waals surface area (Å²) in [7, 11) is 0. The SMILES string of the molecule is CC(C)CCCC(C)NC(=S)NC1CCCC1. The van der Waals surface area contributed by atoms with E-state index in [0.717, 1.165) is 11.0 Å². The minimum Gasteiger partial charge on any atom is -0.360 e. The van der Waals surface area contributed by atoms with Gasteiger partial charge in [0, 0.05) is 12.1 Å². The maximum atomic E-state index is 5.35. The molecule has 1 saturated carbocycles. The van der Waals surface area contributed by atoms with Crippen LogP contribution in [0.4, 0.5) is 0 Å². The van der Waals surface area contributed by atoms with Crippen LogP contribution in [0.3, 0.4) is 0 Å². The minimum atomic E-state index is 0.496. The van der Waals surface area contributed by atoms with Crippen LogP contribution in [-0.2, 0) is 0 Å². The summed E-state index contributed by atoms with van der Waals surface area (Å²) in [4.78, 5) is 0. The predicted molar refractivity (Wildman–Crippen MR) is 79.3 cm³/mol. The van der Waals surface area contributed by atoms with Crippen LogP contribution in [0.15, 0.2) is 0 Å². The van der Waals surface area contributed by atoms with Gasteiger partial charge in [-0.15, -0.1) is 0 Å². The quantitative estimate of drug-likeness (QED) is 0.710. The molecule has 0 heterocycles. The van der Waals surface area contributed by atoms with Crippen molar-refractivity contribution in [3.8, 4) is 0 Å². The molecule has 0 spiro atoms. The Labute approximate surface area is 112 Å². The number of hydrogen-bond donors (Lipinski definition) is 2. The number of rotatable bonds is 6. The van der Waals surface area contributed by atoms with Crippen LogP contribution >= 0.6 is 12.2 Å². The average Bonchev–Trinajstić information content (AvgIpc) is 2.69. The highest BCUT2D eigenvalue weighted by atomic mass is 32.1. The van der Waals surface area contributed by atoms with Crippen LogP contribution in [0, 0.1) is 5.92 Å². The van der Waals surface area contributed by atoms with E-state index in [9.17, 15) is 0 Å². The number of hydrogen-bond acceptors (Lipinski definition) is 1. The van der Waals surface area contributed by atoms with Gasteiger partial charge in [-0.1, -0.05) is 39.5 Å². The molecule has 2 N–H and O–H groups in total. The van der Waals surface area contributed by atoms with Gasteiger partial charge in [0.15, 0.2) is 5.11 Å². The summed E-state index contributed by atoms with van der Waals surface area (Å²) in [5, 5.41) is 7.69. The van der Waals surface area contributed by atoms with Crippen LogP contribution in [0.1, 0.15) is 65.7 Å². The van der Waals surface area contributed by atoms with Gasteiger partial charge < -0.3 is 10.6 Å². The second kappa shape index (κ2) is 7.91. The van der Waals surface area contributed by atoms with Gasteiger partial charge in [0.25, 0.3) is 0 Å². The number of thiocarbonyl (C=S) groups is 1. The Morgan fingerprint density at radius 3 is 2.41 bits per heavy atom. The third kappa shape index (κ3) is 6.87. The van der Waals surface area contributed by atoms with Gasteiger partial charge in [0.2, 0.25) is 0 Å². The van der Waals surface area contributed by atoms with Gasteiger partial charge in [-0.3, -0.25) is 0 Å². The van der Waals surface area contributed by atoms with Crippen LogP contribution in [0.5, 0.6) is 0 Å². The van der Waals surface area contributed by atoms with E-state index in [2.05, 4.69) is 31.4 Å². The second-order valence-corrected chi connectivity index (χ2v) is 6.23. The van der Waals surface area contributed by atoms with Gasteiger partial charge in [-0.2, -0.15) is 0 Å². The highest BCUT2D eigenvalue weighted by molar-refractivity contribution is 7.80. The van der Waals surface area contributed by atoms with Gasteiger partial charge in [-0.05, 0) is 44.3 Å². The van der Waals surface area contributed by atoms with Crippen molar-refractivity contribution in [3.05, 3.63) is 0 Å². The fourth-order valence-corrected chi connectivity index (χ4v) is 2.79. The number of nitrogens with one attached hydrogen (secondary N) is 2. The van der Waals surface area contributed by atoms with Crippen molar-refractivity contribution in [1.82, 2.24) is 10.6 Å². The van der Waals surface area contributed by atoms with E-state index in [1.54, 1.807) is 0 Å². The molecular weight excluding hydrogens is 228 g/mol. The van der Waals surface area contributed by atoms with Crippen LogP contribution in [0.2, 0.25) is 0 Å². The summed E-state index contributed by atoms with van der Waals surface area (Å²) < 4.78 is 0. The summed E-state index contributed by atoms with van der Waals surface area (Å²) in [5.74, 6) is 0.811. The lowest BCUT2D eigenvalue weighted by molar-refractivity contribution is 0.490. The van der Waals surface area contributed by atoms with E-state index in [-0.39, 0.29) is 0 Å². The molecule has 17 heavy (non-hydrogen) atoms. The third-order valence-electron chi connectivity index (χ3n) is 3.49. The molecule has 1 fully saturated rings. The zero-order valence-electron chi connectivity index (χ0n) is 11.6. The van der Waals surface area contributed by atoms with E-state index < -0.39 is 0 Å². The first-order chi connectivity index (χ1) is 8.08. The molecule has 3 heteroatoms. The van der Waals surface area contributed by atoms with Crippen molar-refractivity contribution in [2.75, 3.05) is 0 Å². The highest BCUT2D eigenvalue weighted by Crippen LogP contribution is 2.17. The molecule has 0 aromatic heterocycles. The van der Waals surface area contributed by atoms with Crippen molar-refractivity contribution in [1.29, 1.82) is 0 Å². The monoisotopic (exact) mass is 256 g/mol. The maximum absolute atomic E-state index is 5.35. The summed E-state index contributed by atoms with van der Waals surface area (Å²) >= 11 is 5.35. The van der Waals surface area contributed by atoms with E-state index in [1.807, 2.05) is 0 Å². The first kappa shape index (κ1) is 14.7. The van der Waals surface area contributed by atoms with Crippen molar-refractivity contribution >= 4 is 17.3 Å². The molecule has 0 aliphatic heterocycles. The van der Waals surface area contributed by atoms with Crippen LogP contribution in [0.25, 0.3) is 0 Å². The summed E-state index contributed by atoms with van der Waals surface area (Å²) in [5.41, 5.74) is 0. The van der Waals surface area contributed by atoms with E-state index >= 15 is 0 Å². The Kier molecular flexibility index (Phi) is 6.86. The Morgan fingerprint density at radius 1 is 1.18 bits per heavy atom. The normalized spacial score (nSPS) is 18.4. The van der Waals surface area contributed by atoms with Gasteiger partial charge in [0.05, 0.1) is 0 Å². The predicted octanol–water partition coefficient (Wildman–Crippen LogP) is 3.61. The standard InChI is InChI=1S/C14H28N2S/c1-11(2)7-6-8-12(3)15-14(17)16-13-9-4-5-10-13/h11-13H,4-10H2,1-3H3,(H2,15,16,17). The topological polar surface area (TPSA) is 24.1 Å². The summed E-state index contributed by atoms with van der Waals surface area (Å²) in [6, 6.07) is 1.12. The molecule has 1 aliphatic rings. The fourth-order valence-electron chi connectivity index (χ4n) is 2.43. The fraction of sp³-hybridized carbons (Fsp3) is 0.929. The van der Waals surface area contributed by atoms with Crippen molar-refractivity contribution in [2.24, 2.45) is 5.92 Å². The molecule has 1 aliphatic carbocycles. The largest absolute Gasteiger partial charge is 0.360 e. The highest BCUT2D eigenvalue weighted by Gasteiger charge is 2.15. The summed E-state index contributed by atoms with van der Waals surface area (Å²) in [6.07, 6.45) is 9.08. The van der Waals surface area contributed by atoms with Crippen molar-refractivity contribution < 1.29 is 0 Å². The zero-order chi connectivity index (χ0) is 12.7.